The van der Waals surface area contributed by atoms with E-state index in [4.69, 9.17) is 20.9 Å². The lowest BCUT2D eigenvalue weighted by molar-refractivity contribution is -0.395. The number of anilines is 1. The van der Waals surface area contributed by atoms with Gasteiger partial charge >= 0.3 is 0 Å². The molecule has 0 bridgehead atoms. The number of carbonyl (C=O) groups is 1. The van der Waals surface area contributed by atoms with Crippen LogP contribution in [-0.2, 0) is 6.61 Å². The zero-order valence-electron chi connectivity index (χ0n) is 16.2. The van der Waals surface area contributed by atoms with E-state index in [0.29, 0.717) is 22.1 Å². The number of nitro benzene ring substituents is 2. The third kappa shape index (κ3) is 4.78. The SMILES string of the molecule is Cc1onc(C(=O)Nc2cc([N+](=O)[O-])c(C)c([N+](=O)[O-])c2)c1COc1ccc(Cl)cc1. The number of nitrogens with zero attached hydrogens (tertiary/aromatic N) is 3. The Kier molecular flexibility index (Phi) is 6.16. The standard InChI is InChI=1S/C19H15ClN4O7/c1-10-16(23(26)27)7-13(8-17(10)24(28)29)21-19(25)18-15(11(2)31-22-18)9-30-14-5-3-12(20)4-6-14/h3-8H,9H2,1-2H3,(H,21,25). The minimum atomic E-state index is -0.765. The normalized spacial score (nSPS) is 10.5. The summed E-state index contributed by atoms with van der Waals surface area (Å²) >= 11 is 5.83. The van der Waals surface area contributed by atoms with Crippen molar-refractivity contribution in [3.05, 3.63) is 84.2 Å². The van der Waals surface area contributed by atoms with E-state index in [1.807, 2.05) is 0 Å². The van der Waals surface area contributed by atoms with Crippen molar-refractivity contribution in [1.29, 1.82) is 0 Å². The van der Waals surface area contributed by atoms with Gasteiger partial charge in [0.05, 0.1) is 21.1 Å². The number of nitrogens with one attached hydrogen (secondary N) is 1. The molecule has 3 rings (SSSR count). The van der Waals surface area contributed by atoms with Crippen LogP contribution >= 0.6 is 11.6 Å². The summed E-state index contributed by atoms with van der Waals surface area (Å²) in [4.78, 5) is 33.6. The first-order chi connectivity index (χ1) is 14.7. The monoisotopic (exact) mass is 446 g/mol. The summed E-state index contributed by atoms with van der Waals surface area (Å²) in [6.45, 7) is 2.80. The number of amides is 1. The van der Waals surface area contributed by atoms with Crippen LogP contribution in [0, 0.1) is 34.1 Å². The lowest BCUT2D eigenvalue weighted by Gasteiger charge is -2.08. The van der Waals surface area contributed by atoms with Gasteiger partial charge in [0.15, 0.2) is 5.69 Å². The molecule has 0 aliphatic carbocycles. The number of benzene rings is 2. The highest BCUT2D eigenvalue weighted by molar-refractivity contribution is 6.30. The van der Waals surface area contributed by atoms with Crippen LogP contribution in [0.15, 0.2) is 40.9 Å². The Balaban J connectivity index is 1.85. The Bertz CT molecular complexity index is 1140. The maximum Gasteiger partial charge on any atom is 0.281 e. The maximum absolute atomic E-state index is 12.7. The lowest BCUT2D eigenvalue weighted by atomic mass is 10.1. The molecule has 0 saturated carbocycles. The summed E-state index contributed by atoms with van der Waals surface area (Å²) in [5.74, 6) is 0.0696. The fourth-order valence-corrected chi connectivity index (χ4v) is 2.88. The van der Waals surface area contributed by atoms with Gasteiger partial charge in [0.2, 0.25) is 0 Å². The van der Waals surface area contributed by atoms with Gasteiger partial charge in [-0.2, -0.15) is 0 Å². The van der Waals surface area contributed by atoms with Crippen molar-refractivity contribution in [1.82, 2.24) is 5.16 Å². The van der Waals surface area contributed by atoms with Crippen LogP contribution in [0.1, 0.15) is 27.4 Å². The first-order valence-corrected chi connectivity index (χ1v) is 9.13. The van der Waals surface area contributed by atoms with Gasteiger partial charge in [0.25, 0.3) is 17.3 Å². The molecular formula is C19H15ClN4O7. The predicted octanol–water partition coefficient (Wildman–Crippen LogP) is 4.59. The Morgan fingerprint density at radius 1 is 1.13 bits per heavy atom. The van der Waals surface area contributed by atoms with Gasteiger partial charge in [-0.3, -0.25) is 25.0 Å². The number of halogens is 1. The molecule has 1 amide bonds. The van der Waals surface area contributed by atoms with Gasteiger partial charge in [-0.05, 0) is 38.1 Å². The van der Waals surface area contributed by atoms with E-state index in [1.165, 1.54) is 6.92 Å². The molecule has 1 N–H and O–H groups in total. The third-order valence-electron chi connectivity index (χ3n) is 4.40. The number of aromatic nitrogens is 1. The summed E-state index contributed by atoms with van der Waals surface area (Å²) in [6.07, 6.45) is 0. The first kappa shape index (κ1) is 21.7. The van der Waals surface area contributed by atoms with E-state index in [1.54, 1.807) is 31.2 Å². The summed E-state index contributed by atoms with van der Waals surface area (Å²) in [6, 6.07) is 8.66. The highest BCUT2D eigenvalue weighted by atomic mass is 35.5. The molecule has 0 fully saturated rings. The molecule has 1 aromatic heterocycles. The third-order valence-corrected chi connectivity index (χ3v) is 4.65. The number of rotatable bonds is 7. The largest absolute Gasteiger partial charge is 0.489 e. The van der Waals surface area contributed by atoms with Crippen LogP contribution in [0.4, 0.5) is 17.1 Å². The van der Waals surface area contributed by atoms with Crippen LogP contribution in [0.5, 0.6) is 5.75 Å². The van der Waals surface area contributed by atoms with Gasteiger partial charge in [0.1, 0.15) is 23.7 Å². The number of hydrogen-bond donors (Lipinski definition) is 1. The summed E-state index contributed by atoms with van der Waals surface area (Å²) < 4.78 is 10.7. The van der Waals surface area contributed by atoms with E-state index < -0.39 is 27.1 Å². The van der Waals surface area contributed by atoms with E-state index in [0.717, 1.165) is 12.1 Å². The Morgan fingerprint density at radius 2 is 1.71 bits per heavy atom. The van der Waals surface area contributed by atoms with Crippen LogP contribution in [0.3, 0.4) is 0 Å². The van der Waals surface area contributed by atoms with Crippen molar-refractivity contribution in [2.24, 2.45) is 0 Å². The fraction of sp³-hybridized carbons (Fsp3) is 0.158. The van der Waals surface area contributed by atoms with E-state index >= 15 is 0 Å². The molecule has 0 saturated heterocycles. The van der Waals surface area contributed by atoms with Crippen LogP contribution in [0.2, 0.25) is 5.02 Å². The maximum atomic E-state index is 12.7. The van der Waals surface area contributed by atoms with E-state index in [-0.39, 0.29) is 23.6 Å². The second-order valence-corrected chi connectivity index (χ2v) is 6.85. The smallest absolute Gasteiger partial charge is 0.281 e. The average Bonchev–Trinajstić information content (AvgIpc) is 3.08. The molecule has 0 aliphatic heterocycles. The van der Waals surface area contributed by atoms with Crippen molar-refractivity contribution in [3.63, 3.8) is 0 Å². The second kappa shape index (κ2) is 8.79. The van der Waals surface area contributed by atoms with Gasteiger partial charge < -0.3 is 14.6 Å². The number of hydrogen-bond acceptors (Lipinski definition) is 8. The molecule has 1 heterocycles. The summed E-state index contributed by atoms with van der Waals surface area (Å²) in [5.41, 5.74) is -0.998. The van der Waals surface area contributed by atoms with Crippen molar-refractivity contribution in [2.45, 2.75) is 20.5 Å². The zero-order valence-corrected chi connectivity index (χ0v) is 17.0. The van der Waals surface area contributed by atoms with Crippen LogP contribution in [0.25, 0.3) is 0 Å². The van der Waals surface area contributed by atoms with Crippen molar-refractivity contribution in [3.8, 4) is 5.75 Å². The molecule has 0 unspecified atom stereocenters. The molecule has 3 aromatic rings. The van der Waals surface area contributed by atoms with Gasteiger partial charge in [-0.25, -0.2) is 0 Å². The highest BCUT2D eigenvalue weighted by Gasteiger charge is 2.26. The molecule has 11 nitrogen and oxygen atoms in total. The Hall–Kier alpha value is -3.99. The quantitative estimate of drug-likeness (QED) is 0.408. The minimum absolute atomic E-state index is 0.0477. The first-order valence-electron chi connectivity index (χ1n) is 8.75. The van der Waals surface area contributed by atoms with Crippen molar-refractivity contribution in [2.75, 3.05) is 5.32 Å². The molecule has 0 atom stereocenters. The number of aryl methyl sites for hydroxylation is 1. The van der Waals surface area contributed by atoms with Gasteiger partial charge in [-0.1, -0.05) is 16.8 Å². The molecule has 31 heavy (non-hydrogen) atoms. The Labute approximate surface area is 179 Å². The number of nitro groups is 2. The van der Waals surface area contributed by atoms with E-state index in [9.17, 15) is 25.0 Å². The molecule has 12 heteroatoms. The highest BCUT2D eigenvalue weighted by Crippen LogP contribution is 2.32. The summed E-state index contributed by atoms with van der Waals surface area (Å²) in [5, 5.41) is 29.1. The van der Waals surface area contributed by atoms with Crippen LogP contribution < -0.4 is 10.1 Å². The van der Waals surface area contributed by atoms with Gasteiger partial charge in [0, 0.05) is 17.2 Å². The van der Waals surface area contributed by atoms with E-state index in [2.05, 4.69) is 10.5 Å². The molecule has 0 aliphatic rings. The Morgan fingerprint density at radius 3 is 2.26 bits per heavy atom. The molecular weight excluding hydrogens is 432 g/mol. The molecule has 160 valence electrons. The molecule has 0 spiro atoms. The number of ether oxygens (including phenoxy) is 1. The van der Waals surface area contributed by atoms with Crippen LogP contribution in [-0.4, -0.2) is 20.9 Å². The average molecular weight is 447 g/mol. The molecule has 0 radical (unpaired) electrons. The molecule has 2 aromatic carbocycles. The predicted molar refractivity (Wildman–Crippen MR) is 109 cm³/mol. The van der Waals surface area contributed by atoms with Crippen molar-refractivity contribution >= 4 is 34.6 Å². The van der Waals surface area contributed by atoms with Crippen molar-refractivity contribution < 1.29 is 23.9 Å². The zero-order chi connectivity index (χ0) is 22.7. The second-order valence-electron chi connectivity index (χ2n) is 6.42. The van der Waals surface area contributed by atoms with Gasteiger partial charge in [-0.15, -0.1) is 0 Å². The fourth-order valence-electron chi connectivity index (χ4n) is 2.75. The minimum Gasteiger partial charge on any atom is -0.489 e. The topological polar surface area (TPSA) is 151 Å². The number of carbonyl (C=O) groups excluding carboxylic acids is 1. The lowest BCUT2D eigenvalue weighted by Crippen LogP contribution is -2.16. The summed E-state index contributed by atoms with van der Waals surface area (Å²) in [7, 11) is 0.